The SMILES string of the molecule is CC(CC1CCCC1)C(=O)N1CCNCC1C. The lowest BCUT2D eigenvalue weighted by Gasteiger charge is -2.36. The van der Waals surface area contributed by atoms with Crippen LogP contribution in [0.3, 0.4) is 0 Å². The maximum atomic E-state index is 12.4. The van der Waals surface area contributed by atoms with Crippen molar-refractivity contribution < 1.29 is 4.79 Å². The summed E-state index contributed by atoms with van der Waals surface area (Å²) in [5.74, 6) is 1.41. The highest BCUT2D eigenvalue weighted by Gasteiger charge is 2.28. The summed E-state index contributed by atoms with van der Waals surface area (Å²) in [6, 6.07) is 0.363. The van der Waals surface area contributed by atoms with Crippen LogP contribution < -0.4 is 5.32 Å². The summed E-state index contributed by atoms with van der Waals surface area (Å²) in [7, 11) is 0. The number of carbonyl (C=O) groups is 1. The monoisotopic (exact) mass is 238 g/mol. The Labute approximate surface area is 105 Å². The quantitative estimate of drug-likeness (QED) is 0.816. The third-order valence-corrected chi connectivity index (χ3v) is 4.37. The van der Waals surface area contributed by atoms with E-state index in [-0.39, 0.29) is 5.92 Å². The van der Waals surface area contributed by atoms with Gasteiger partial charge in [-0.05, 0) is 19.3 Å². The summed E-state index contributed by atoms with van der Waals surface area (Å²) < 4.78 is 0. The van der Waals surface area contributed by atoms with Crippen LogP contribution in [0.1, 0.15) is 46.0 Å². The van der Waals surface area contributed by atoms with Gasteiger partial charge in [0.15, 0.2) is 0 Å². The molecule has 0 spiro atoms. The first-order chi connectivity index (χ1) is 8.18. The molecule has 2 unspecified atom stereocenters. The molecule has 0 aromatic heterocycles. The third kappa shape index (κ3) is 3.21. The molecule has 0 aromatic carbocycles. The largest absolute Gasteiger partial charge is 0.337 e. The summed E-state index contributed by atoms with van der Waals surface area (Å²) in [4.78, 5) is 14.5. The van der Waals surface area contributed by atoms with Crippen LogP contribution in [0.5, 0.6) is 0 Å². The van der Waals surface area contributed by atoms with Crippen LogP contribution in [0.4, 0.5) is 0 Å². The van der Waals surface area contributed by atoms with Crippen molar-refractivity contribution in [3.63, 3.8) is 0 Å². The van der Waals surface area contributed by atoms with Crippen molar-refractivity contribution in [2.75, 3.05) is 19.6 Å². The van der Waals surface area contributed by atoms with Crippen LogP contribution in [-0.2, 0) is 4.79 Å². The van der Waals surface area contributed by atoms with Crippen molar-refractivity contribution >= 4 is 5.91 Å². The van der Waals surface area contributed by atoms with E-state index in [1.807, 2.05) is 0 Å². The van der Waals surface area contributed by atoms with Gasteiger partial charge < -0.3 is 10.2 Å². The number of nitrogens with one attached hydrogen (secondary N) is 1. The molecule has 1 heterocycles. The zero-order valence-electron chi connectivity index (χ0n) is 11.2. The van der Waals surface area contributed by atoms with Crippen LogP contribution in [0.15, 0.2) is 0 Å². The molecule has 2 rings (SSSR count). The molecule has 17 heavy (non-hydrogen) atoms. The summed E-state index contributed by atoms with van der Waals surface area (Å²) >= 11 is 0. The predicted molar refractivity (Wildman–Crippen MR) is 69.8 cm³/mol. The van der Waals surface area contributed by atoms with E-state index >= 15 is 0 Å². The van der Waals surface area contributed by atoms with Gasteiger partial charge in [-0.15, -0.1) is 0 Å². The predicted octanol–water partition coefficient (Wildman–Crippen LogP) is 2.02. The van der Waals surface area contributed by atoms with Gasteiger partial charge in [0.05, 0.1) is 0 Å². The Kier molecular flexibility index (Phi) is 4.43. The van der Waals surface area contributed by atoms with Gasteiger partial charge in [-0.1, -0.05) is 32.6 Å². The minimum absolute atomic E-state index is 0.221. The number of piperazine rings is 1. The summed E-state index contributed by atoms with van der Waals surface area (Å²) in [5.41, 5.74) is 0. The van der Waals surface area contributed by atoms with E-state index in [1.165, 1.54) is 25.7 Å². The van der Waals surface area contributed by atoms with Crippen LogP contribution in [-0.4, -0.2) is 36.5 Å². The first-order valence-corrected chi connectivity index (χ1v) is 7.19. The summed E-state index contributed by atoms with van der Waals surface area (Å²) in [5, 5.41) is 3.34. The molecule has 2 atom stereocenters. The minimum atomic E-state index is 0.221. The number of carbonyl (C=O) groups excluding carboxylic acids is 1. The Bertz CT molecular complexity index is 261. The zero-order chi connectivity index (χ0) is 12.3. The maximum Gasteiger partial charge on any atom is 0.225 e. The molecule has 1 saturated carbocycles. The van der Waals surface area contributed by atoms with Crippen molar-refractivity contribution in [2.24, 2.45) is 11.8 Å². The topological polar surface area (TPSA) is 32.3 Å². The average molecular weight is 238 g/mol. The normalized spacial score (nSPS) is 28.4. The molecule has 1 saturated heterocycles. The van der Waals surface area contributed by atoms with Crippen LogP contribution in [0.25, 0.3) is 0 Å². The van der Waals surface area contributed by atoms with Crippen LogP contribution >= 0.6 is 0 Å². The first-order valence-electron chi connectivity index (χ1n) is 7.19. The molecule has 1 amide bonds. The molecule has 1 N–H and O–H groups in total. The second-order valence-corrected chi connectivity index (χ2v) is 5.87. The van der Waals surface area contributed by atoms with Gasteiger partial charge in [-0.2, -0.15) is 0 Å². The van der Waals surface area contributed by atoms with E-state index in [9.17, 15) is 4.79 Å². The standard InChI is InChI=1S/C14H26N2O/c1-11(9-13-5-3-4-6-13)14(17)16-8-7-15-10-12(16)2/h11-13,15H,3-10H2,1-2H3. The molecule has 98 valence electrons. The number of amides is 1. The molecular weight excluding hydrogens is 212 g/mol. The highest BCUT2D eigenvalue weighted by molar-refractivity contribution is 5.79. The number of rotatable bonds is 3. The summed E-state index contributed by atoms with van der Waals surface area (Å²) in [6.07, 6.45) is 6.53. The van der Waals surface area contributed by atoms with Crippen molar-refractivity contribution in [1.29, 1.82) is 0 Å². The Balaban J connectivity index is 1.84. The lowest BCUT2D eigenvalue weighted by Crippen LogP contribution is -2.53. The fourth-order valence-corrected chi connectivity index (χ4v) is 3.30. The molecule has 0 radical (unpaired) electrons. The lowest BCUT2D eigenvalue weighted by molar-refractivity contribution is -0.138. The number of hydrogen-bond acceptors (Lipinski definition) is 2. The second-order valence-electron chi connectivity index (χ2n) is 5.87. The van der Waals surface area contributed by atoms with Gasteiger partial charge >= 0.3 is 0 Å². The third-order valence-electron chi connectivity index (χ3n) is 4.37. The fraction of sp³-hybridized carbons (Fsp3) is 0.929. The van der Waals surface area contributed by atoms with Gasteiger partial charge in [0, 0.05) is 31.6 Å². The van der Waals surface area contributed by atoms with Gasteiger partial charge in [-0.25, -0.2) is 0 Å². The molecule has 0 aromatic rings. The van der Waals surface area contributed by atoms with E-state index < -0.39 is 0 Å². The Morgan fingerprint density at radius 2 is 2.12 bits per heavy atom. The van der Waals surface area contributed by atoms with Crippen LogP contribution in [0, 0.1) is 11.8 Å². The minimum Gasteiger partial charge on any atom is -0.337 e. The van der Waals surface area contributed by atoms with E-state index in [0.29, 0.717) is 11.9 Å². The van der Waals surface area contributed by atoms with E-state index in [2.05, 4.69) is 24.1 Å². The average Bonchev–Trinajstić information content (AvgIpc) is 2.81. The highest BCUT2D eigenvalue weighted by Crippen LogP contribution is 2.31. The molecule has 2 aliphatic rings. The lowest BCUT2D eigenvalue weighted by atomic mass is 9.93. The van der Waals surface area contributed by atoms with E-state index in [1.54, 1.807) is 0 Å². The highest BCUT2D eigenvalue weighted by atomic mass is 16.2. The molecule has 3 heteroatoms. The van der Waals surface area contributed by atoms with Crippen molar-refractivity contribution in [3.8, 4) is 0 Å². The van der Waals surface area contributed by atoms with Gasteiger partial charge in [0.25, 0.3) is 0 Å². The van der Waals surface area contributed by atoms with Crippen molar-refractivity contribution in [3.05, 3.63) is 0 Å². The zero-order valence-corrected chi connectivity index (χ0v) is 11.2. The fourth-order valence-electron chi connectivity index (χ4n) is 3.30. The maximum absolute atomic E-state index is 12.4. The molecular formula is C14H26N2O. The number of nitrogens with zero attached hydrogens (tertiary/aromatic N) is 1. The molecule has 0 bridgehead atoms. The Hall–Kier alpha value is -0.570. The smallest absolute Gasteiger partial charge is 0.225 e. The first kappa shape index (κ1) is 12.9. The molecule has 3 nitrogen and oxygen atoms in total. The number of hydrogen-bond donors (Lipinski definition) is 1. The Morgan fingerprint density at radius 1 is 1.41 bits per heavy atom. The van der Waals surface area contributed by atoms with Crippen LogP contribution in [0.2, 0.25) is 0 Å². The van der Waals surface area contributed by atoms with E-state index in [4.69, 9.17) is 0 Å². The second kappa shape index (κ2) is 5.85. The van der Waals surface area contributed by atoms with Gasteiger partial charge in [0.2, 0.25) is 5.91 Å². The van der Waals surface area contributed by atoms with Gasteiger partial charge in [-0.3, -0.25) is 4.79 Å². The van der Waals surface area contributed by atoms with Crippen molar-refractivity contribution in [2.45, 2.75) is 52.0 Å². The van der Waals surface area contributed by atoms with Crippen molar-refractivity contribution in [1.82, 2.24) is 10.2 Å². The van der Waals surface area contributed by atoms with E-state index in [0.717, 1.165) is 32.0 Å². The molecule has 1 aliphatic heterocycles. The summed E-state index contributed by atoms with van der Waals surface area (Å²) in [6.45, 7) is 7.05. The molecule has 2 fully saturated rings. The van der Waals surface area contributed by atoms with Gasteiger partial charge in [0.1, 0.15) is 0 Å². The Morgan fingerprint density at radius 3 is 2.76 bits per heavy atom. The molecule has 1 aliphatic carbocycles.